The Morgan fingerprint density at radius 2 is 2.00 bits per heavy atom. The van der Waals surface area contributed by atoms with Crippen LogP contribution in [0.1, 0.15) is 12.8 Å². The number of thiophene rings is 1. The lowest BCUT2D eigenvalue weighted by Crippen LogP contribution is -2.54. The summed E-state index contributed by atoms with van der Waals surface area (Å²) >= 11 is 1.50. The van der Waals surface area contributed by atoms with Crippen LogP contribution < -0.4 is 9.64 Å². The van der Waals surface area contributed by atoms with Crippen LogP contribution in [0.5, 0.6) is 5.75 Å². The molecule has 2 amide bonds. The summed E-state index contributed by atoms with van der Waals surface area (Å²) in [6, 6.07) is 11.0. The number of hydrogen-bond donors (Lipinski definition) is 0. The number of aromatic nitrogens is 2. The second kappa shape index (κ2) is 7.81. The molecule has 9 heteroatoms. The first-order valence-corrected chi connectivity index (χ1v) is 9.74. The summed E-state index contributed by atoms with van der Waals surface area (Å²) in [6.45, 7) is 3.17. The highest BCUT2D eigenvalue weighted by molar-refractivity contribution is 7.13. The third kappa shape index (κ3) is 3.48. The van der Waals surface area contributed by atoms with Gasteiger partial charge in [0.25, 0.3) is 0 Å². The number of ether oxygens (including phenoxy) is 1. The lowest BCUT2D eigenvalue weighted by molar-refractivity contribution is -0.146. The minimum Gasteiger partial charge on any atom is -0.492 e. The van der Waals surface area contributed by atoms with Gasteiger partial charge in [0.15, 0.2) is 0 Å². The third-order valence-corrected chi connectivity index (χ3v) is 5.17. The highest BCUT2D eigenvalue weighted by Gasteiger charge is 2.35. The van der Waals surface area contributed by atoms with Crippen molar-refractivity contribution in [3.63, 3.8) is 0 Å². The van der Waals surface area contributed by atoms with Crippen LogP contribution in [0, 0.1) is 0 Å². The average Bonchev–Trinajstić information content (AvgIpc) is 3.38. The fourth-order valence-electron chi connectivity index (χ4n) is 3.00. The number of carbonyl (C=O) groups excluding carboxylic acids is 2. The highest BCUT2D eigenvalue weighted by atomic mass is 32.1. The Balaban J connectivity index is 1.48. The molecule has 3 heterocycles. The molecule has 28 heavy (non-hydrogen) atoms. The van der Waals surface area contributed by atoms with Crippen LogP contribution in [0.3, 0.4) is 0 Å². The van der Waals surface area contributed by atoms with E-state index in [1.165, 1.54) is 21.1 Å². The Morgan fingerprint density at radius 3 is 2.79 bits per heavy atom. The minimum atomic E-state index is -0.603. The van der Waals surface area contributed by atoms with Crippen molar-refractivity contribution in [1.29, 1.82) is 0 Å². The molecule has 3 aromatic rings. The van der Waals surface area contributed by atoms with Crippen LogP contribution in [0.4, 0.5) is 5.69 Å². The maximum atomic E-state index is 12.7. The van der Waals surface area contributed by atoms with Crippen molar-refractivity contribution < 1.29 is 18.8 Å². The topological polar surface area (TPSA) is 88.8 Å². The molecule has 0 unspecified atom stereocenters. The number of piperazine rings is 1. The first kappa shape index (κ1) is 18.2. The van der Waals surface area contributed by atoms with Gasteiger partial charge >= 0.3 is 11.8 Å². The zero-order chi connectivity index (χ0) is 19.5. The number of hydrogen-bond acceptors (Lipinski definition) is 7. The number of para-hydroxylation sites is 2. The number of rotatable bonds is 6. The molecule has 0 saturated carbocycles. The monoisotopic (exact) mass is 398 g/mol. The van der Waals surface area contributed by atoms with Gasteiger partial charge in [-0.2, -0.15) is 4.98 Å². The van der Waals surface area contributed by atoms with E-state index in [1.54, 1.807) is 12.1 Å². The van der Waals surface area contributed by atoms with Gasteiger partial charge in [-0.05, 0) is 30.5 Å². The number of anilines is 1. The molecule has 8 nitrogen and oxygen atoms in total. The lowest BCUT2D eigenvalue weighted by atomic mass is 10.2. The second-order valence-electron chi connectivity index (χ2n) is 6.07. The Hall–Kier alpha value is -3.20. The van der Waals surface area contributed by atoms with E-state index in [4.69, 9.17) is 9.26 Å². The first-order valence-electron chi connectivity index (χ1n) is 8.86. The summed E-state index contributed by atoms with van der Waals surface area (Å²) in [6.07, 6.45) is 0. The number of benzene rings is 1. The predicted octanol–water partition coefficient (Wildman–Crippen LogP) is 2.57. The lowest BCUT2D eigenvalue weighted by Gasteiger charge is -2.33. The zero-order valence-electron chi connectivity index (χ0n) is 15.2. The summed E-state index contributed by atoms with van der Waals surface area (Å²) in [5.74, 6) is 0.155. The second-order valence-corrected chi connectivity index (χ2v) is 7.02. The number of amides is 2. The molecule has 0 aliphatic carbocycles. The molecule has 0 atom stereocenters. The van der Waals surface area contributed by atoms with Crippen molar-refractivity contribution in [3.05, 3.63) is 47.7 Å². The number of nitrogens with zero attached hydrogens (tertiary/aromatic N) is 4. The molecular weight excluding hydrogens is 380 g/mol. The van der Waals surface area contributed by atoms with E-state index in [9.17, 15) is 9.59 Å². The van der Waals surface area contributed by atoms with E-state index in [0.717, 1.165) is 4.88 Å². The van der Waals surface area contributed by atoms with Gasteiger partial charge in [-0.15, -0.1) is 11.3 Å². The summed E-state index contributed by atoms with van der Waals surface area (Å²) in [5.41, 5.74) is 0.597. The molecular formula is C19H18N4O4S. The van der Waals surface area contributed by atoms with Gasteiger partial charge in [0.05, 0.1) is 17.2 Å². The van der Waals surface area contributed by atoms with Crippen LogP contribution >= 0.6 is 11.3 Å². The molecule has 4 rings (SSSR count). The molecule has 1 saturated heterocycles. The first-order chi connectivity index (χ1) is 13.7. The molecule has 1 fully saturated rings. The van der Waals surface area contributed by atoms with Gasteiger partial charge in [0.2, 0.25) is 11.7 Å². The smallest absolute Gasteiger partial charge is 0.316 e. The minimum absolute atomic E-state index is 0.101. The van der Waals surface area contributed by atoms with Crippen molar-refractivity contribution in [2.45, 2.75) is 13.5 Å². The van der Waals surface area contributed by atoms with Crippen molar-refractivity contribution in [2.24, 2.45) is 0 Å². The molecule has 1 aromatic carbocycles. The zero-order valence-corrected chi connectivity index (χ0v) is 16.0. The molecule has 0 bridgehead atoms. The van der Waals surface area contributed by atoms with Gasteiger partial charge in [-0.25, -0.2) is 0 Å². The van der Waals surface area contributed by atoms with E-state index in [1.807, 2.05) is 36.6 Å². The summed E-state index contributed by atoms with van der Waals surface area (Å²) < 4.78 is 10.8. The Morgan fingerprint density at radius 1 is 1.14 bits per heavy atom. The van der Waals surface area contributed by atoms with Crippen molar-refractivity contribution >= 4 is 28.8 Å². The van der Waals surface area contributed by atoms with Crippen LogP contribution in [-0.4, -0.2) is 46.6 Å². The van der Waals surface area contributed by atoms with Crippen molar-refractivity contribution in [2.75, 3.05) is 24.6 Å². The Bertz CT molecular complexity index is 986. The van der Waals surface area contributed by atoms with E-state index in [0.29, 0.717) is 42.8 Å². The molecule has 0 radical (unpaired) electrons. The predicted molar refractivity (Wildman–Crippen MR) is 103 cm³/mol. The summed E-state index contributed by atoms with van der Waals surface area (Å²) in [4.78, 5) is 33.4. The van der Waals surface area contributed by atoms with Crippen molar-refractivity contribution in [1.82, 2.24) is 15.0 Å². The van der Waals surface area contributed by atoms with E-state index < -0.39 is 11.8 Å². The highest BCUT2D eigenvalue weighted by Crippen LogP contribution is 2.30. The fraction of sp³-hybridized carbons (Fsp3) is 0.263. The van der Waals surface area contributed by atoms with E-state index >= 15 is 0 Å². The fourth-order valence-corrected chi connectivity index (χ4v) is 3.65. The maximum Gasteiger partial charge on any atom is 0.316 e. The standard InChI is InChI=1S/C19H18N4O4S/c1-2-26-14-7-4-3-6-13(14)23-10-9-22(18(24)19(23)25)12-16-20-17(21-27-16)15-8-5-11-28-15/h3-8,11H,2,9-10,12H2,1H3. The van der Waals surface area contributed by atoms with E-state index in [2.05, 4.69) is 10.1 Å². The van der Waals surface area contributed by atoms with Gasteiger partial charge in [-0.3, -0.25) is 14.5 Å². The van der Waals surface area contributed by atoms with Crippen LogP contribution in [0.2, 0.25) is 0 Å². The summed E-state index contributed by atoms with van der Waals surface area (Å²) in [5, 5.41) is 5.86. The molecule has 144 valence electrons. The quantitative estimate of drug-likeness (QED) is 0.593. The number of carbonyl (C=O) groups is 2. The molecule has 1 aliphatic rings. The van der Waals surface area contributed by atoms with Gasteiger partial charge < -0.3 is 14.2 Å². The van der Waals surface area contributed by atoms with Gasteiger partial charge in [0, 0.05) is 13.1 Å². The molecule has 0 spiro atoms. The van der Waals surface area contributed by atoms with Crippen molar-refractivity contribution in [3.8, 4) is 16.5 Å². The normalized spacial score (nSPS) is 14.6. The average molecular weight is 398 g/mol. The maximum absolute atomic E-state index is 12.7. The molecule has 0 N–H and O–H groups in total. The Kier molecular flexibility index (Phi) is 5.07. The van der Waals surface area contributed by atoms with Gasteiger partial charge in [-0.1, -0.05) is 23.4 Å². The SMILES string of the molecule is CCOc1ccccc1N1CCN(Cc2nc(-c3cccs3)no2)C(=O)C1=O. The third-order valence-electron chi connectivity index (χ3n) is 4.30. The molecule has 1 aliphatic heterocycles. The van der Waals surface area contributed by atoms with Crippen LogP contribution in [-0.2, 0) is 16.1 Å². The van der Waals surface area contributed by atoms with E-state index in [-0.39, 0.29) is 6.54 Å². The van der Waals surface area contributed by atoms with Crippen LogP contribution in [0.15, 0.2) is 46.3 Å². The van der Waals surface area contributed by atoms with Crippen LogP contribution in [0.25, 0.3) is 10.7 Å². The Labute approximate surface area is 165 Å². The largest absolute Gasteiger partial charge is 0.492 e. The molecule has 2 aromatic heterocycles. The summed E-state index contributed by atoms with van der Waals surface area (Å²) in [7, 11) is 0. The van der Waals surface area contributed by atoms with Gasteiger partial charge in [0.1, 0.15) is 12.3 Å².